The molecule has 0 saturated carbocycles. The number of ether oxygens (including phenoxy) is 1. The number of aromatic nitrogens is 2. The molecule has 2 aromatic heterocycles. The molecular formula is C18H28IN5O. The Labute approximate surface area is 167 Å². The van der Waals surface area contributed by atoms with E-state index in [4.69, 9.17) is 4.74 Å². The third-order valence-electron chi connectivity index (χ3n) is 4.19. The first-order valence-electron chi connectivity index (χ1n) is 7.99. The first-order valence-corrected chi connectivity index (χ1v) is 7.99. The lowest BCUT2D eigenvalue weighted by Gasteiger charge is -2.23. The maximum absolute atomic E-state index is 5.47. The van der Waals surface area contributed by atoms with Gasteiger partial charge in [0.25, 0.3) is 0 Å². The molecule has 25 heavy (non-hydrogen) atoms. The van der Waals surface area contributed by atoms with Gasteiger partial charge in [-0.3, -0.25) is 9.98 Å². The highest BCUT2D eigenvalue weighted by molar-refractivity contribution is 14.0. The van der Waals surface area contributed by atoms with Crippen molar-refractivity contribution in [1.82, 2.24) is 19.8 Å². The summed E-state index contributed by atoms with van der Waals surface area (Å²) in [5.41, 5.74) is 4.30. The average Bonchev–Trinajstić information content (AvgIpc) is 2.95. The van der Waals surface area contributed by atoms with Crippen molar-refractivity contribution in [2.24, 2.45) is 12.0 Å². The fourth-order valence-corrected chi connectivity index (χ4v) is 2.78. The standard InChI is InChI=1S/C18H27N5O.HI/c1-13-10-20-16(14(2)17(13)24-6)11-21-18(19-3)23(5)12-15-8-7-9-22(15)4;/h7-10H,11-12H2,1-6H3,(H,19,21);1H. The second kappa shape index (κ2) is 9.65. The molecule has 0 bridgehead atoms. The molecule has 0 saturated heterocycles. The van der Waals surface area contributed by atoms with E-state index < -0.39 is 0 Å². The Kier molecular flexibility index (Phi) is 8.21. The van der Waals surface area contributed by atoms with Crippen molar-refractivity contribution < 1.29 is 4.74 Å². The molecule has 0 fully saturated rings. The van der Waals surface area contributed by atoms with Gasteiger partial charge >= 0.3 is 0 Å². The maximum atomic E-state index is 5.47. The Morgan fingerprint density at radius 3 is 2.68 bits per heavy atom. The Morgan fingerprint density at radius 1 is 1.40 bits per heavy atom. The van der Waals surface area contributed by atoms with E-state index >= 15 is 0 Å². The molecule has 0 unspecified atom stereocenters. The van der Waals surface area contributed by atoms with Gasteiger partial charge < -0.3 is 19.5 Å². The summed E-state index contributed by atoms with van der Waals surface area (Å²) in [5, 5.41) is 3.38. The summed E-state index contributed by atoms with van der Waals surface area (Å²) in [6.07, 6.45) is 3.89. The van der Waals surface area contributed by atoms with E-state index in [2.05, 4.69) is 30.8 Å². The number of hydrogen-bond donors (Lipinski definition) is 1. The number of hydrogen-bond acceptors (Lipinski definition) is 3. The van der Waals surface area contributed by atoms with Crippen LogP contribution in [0.2, 0.25) is 0 Å². The van der Waals surface area contributed by atoms with Gasteiger partial charge in [0.1, 0.15) is 5.75 Å². The topological polar surface area (TPSA) is 54.7 Å². The molecule has 7 heteroatoms. The van der Waals surface area contributed by atoms with Gasteiger partial charge in [-0.1, -0.05) is 0 Å². The highest BCUT2D eigenvalue weighted by Crippen LogP contribution is 2.23. The predicted molar refractivity (Wildman–Crippen MR) is 113 cm³/mol. The van der Waals surface area contributed by atoms with E-state index in [-0.39, 0.29) is 24.0 Å². The zero-order valence-corrected chi connectivity index (χ0v) is 18.2. The SMILES string of the molecule is CN=C(NCc1ncc(C)c(OC)c1C)N(C)Cc1cccn1C.I. The summed E-state index contributed by atoms with van der Waals surface area (Å²) < 4.78 is 7.58. The van der Waals surface area contributed by atoms with Gasteiger partial charge in [0, 0.05) is 50.4 Å². The van der Waals surface area contributed by atoms with Crippen molar-refractivity contribution in [3.05, 3.63) is 47.0 Å². The van der Waals surface area contributed by atoms with Gasteiger partial charge in [-0.05, 0) is 26.0 Å². The van der Waals surface area contributed by atoms with Crippen LogP contribution in [0, 0.1) is 13.8 Å². The highest BCUT2D eigenvalue weighted by Gasteiger charge is 2.12. The van der Waals surface area contributed by atoms with E-state index in [9.17, 15) is 0 Å². The van der Waals surface area contributed by atoms with Gasteiger partial charge in [-0.25, -0.2) is 0 Å². The number of guanidine groups is 1. The number of halogens is 1. The Morgan fingerprint density at radius 2 is 2.12 bits per heavy atom. The molecule has 0 aliphatic heterocycles. The summed E-state index contributed by atoms with van der Waals surface area (Å²) in [6.45, 7) is 5.42. The summed E-state index contributed by atoms with van der Waals surface area (Å²) in [4.78, 5) is 11.0. The molecule has 0 amide bonds. The summed E-state index contributed by atoms with van der Waals surface area (Å²) in [5.74, 6) is 1.73. The van der Waals surface area contributed by atoms with Crippen molar-refractivity contribution in [2.75, 3.05) is 21.2 Å². The number of aryl methyl sites for hydroxylation is 2. The summed E-state index contributed by atoms with van der Waals surface area (Å²) in [7, 11) is 7.56. The second-order valence-corrected chi connectivity index (χ2v) is 5.91. The average molecular weight is 457 g/mol. The number of pyridine rings is 1. The minimum atomic E-state index is 0. The van der Waals surface area contributed by atoms with E-state index in [1.54, 1.807) is 14.2 Å². The first-order chi connectivity index (χ1) is 11.5. The lowest BCUT2D eigenvalue weighted by molar-refractivity contribution is 0.406. The lowest BCUT2D eigenvalue weighted by atomic mass is 10.1. The lowest BCUT2D eigenvalue weighted by Crippen LogP contribution is -2.38. The fraction of sp³-hybridized carbons (Fsp3) is 0.444. The van der Waals surface area contributed by atoms with Gasteiger partial charge in [-0.15, -0.1) is 24.0 Å². The van der Waals surface area contributed by atoms with Crippen LogP contribution in [0.25, 0.3) is 0 Å². The normalized spacial score (nSPS) is 11.0. The zero-order valence-electron chi connectivity index (χ0n) is 15.8. The van der Waals surface area contributed by atoms with E-state index in [1.807, 2.05) is 46.4 Å². The molecule has 6 nitrogen and oxygen atoms in total. The quantitative estimate of drug-likeness (QED) is 0.426. The minimum absolute atomic E-state index is 0. The van der Waals surface area contributed by atoms with E-state index in [1.165, 1.54) is 5.69 Å². The monoisotopic (exact) mass is 457 g/mol. The second-order valence-electron chi connectivity index (χ2n) is 5.91. The van der Waals surface area contributed by atoms with E-state index in [0.717, 1.165) is 35.1 Å². The summed E-state index contributed by atoms with van der Waals surface area (Å²) >= 11 is 0. The predicted octanol–water partition coefficient (Wildman–Crippen LogP) is 2.87. The summed E-state index contributed by atoms with van der Waals surface area (Å²) in [6, 6.07) is 4.16. The van der Waals surface area contributed by atoms with Gasteiger partial charge in [0.15, 0.2) is 5.96 Å². The number of aliphatic imine (C=N–C) groups is 1. The van der Waals surface area contributed by atoms with Crippen LogP contribution in [0.3, 0.4) is 0 Å². The first kappa shape index (κ1) is 21.3. The maximum Gasteiger partial charge on any atom is 0.194 e. The van der Waals surface area contributed by atoms with Gasteiger partial charge in [0.05, 0.1) is 25.9 Å². The fourth-order valence-electron chi connectivity index (χ4n) is 2.78. The molecule has 0 aromatic carbocycles. The van der Waals surface area contributed by atoms with Crippen LogP contribution >= 0.6 is 24.0 Å². The van der Waals surface area contributed by atoms with Crippen molar-refractivity contribution in [2.45, 2.75) is 26.9 Å². The molecule has 2 rings (SSSR count). The smallest absolute Gasteiger partial charge is 0.194 e. The van der Waals surface area contributed by atoms with Crippen LogP contribution in [-0.4, -0.2) is 41.6 Å². The number of nitrogens with one attached hydrogen (secondary N) is 1. The third kappa shape index (κ3) is 5.10. The Bertz CT molecular complexity index is 726. The van der Waals surface area contributed by atoms with Gasteiger partial charge in [-0.2, -0.15) is 0 Å². The molecule has 0 spiro atoms. The van der Waals surface area contributed by atoms with Crippen molar-refractivity contribution >= 4 is 29.9 Å². The van der Waals surface area contributed by atoms with Crippen molar-refractivity contribution in [1.29, 1.82) is 0 Å². The highest BCUT2D eigenvalue weighted by atomic mass is 127. The van der Waals surface area contributed by atoms with Crippen LogP contribution in [0.15, 0.2) is 29.5 Å². The van der Waals surface area contributed by atoms with Crippen LogP contribution < -0.4 is 10.1 Å². The molecule has 2 aromatic rings. The van der Waals surface area contributed by atoms with E-state index in [0.29, 0.717) is 6.54 Å². The molecule has 0 atom stereocenters. The largest absolute Gasteiger partial charge is 0.496 e. The number of methoxy groups -OCH3 is 1. The number of rotatable bonds is 5. The van der Waals surface area contributed by atoms with Crippen LogP contribution in [0.1, 0.15) is 22.5 Å². The van der Waals surface area contributed by atoms with Crippen LogP contribution in [0.5, 0.6) is 5.75 Å². The van der Waals surface area contributed by atoms with Gasteiger partial charge in [0.2, 0.25) is 0 Å². The molecule has 0 radical (unpaired) electrons. The molecule has 138 valence electrons. The molecular weight excluding hydrogens is 429 g/mol. The van der Waals surface area contributed by atoms with Crippen LogP contribution in [0.4, 0.5) is 0 Å². The minimum Gasteiger partial charge on any atom is -0.496 e. The number of nitrogens with zero attached hydrogens (tertiary/aromatic N) is 4. The molecule has 1 N–H and O–H groups in total. The van der Waals surface area contributed by atoms with Crippen LogP contribution in [-0.2, 0) is 20.1 Å². The molecule has 2 heterocycles. The Hall–Kier alpha value is -1.77. The molecule has 0 aliphatic carbocycles. The molecule has 0 aliphatic rings. The van der Waals surface area contributed by atoms with Crippen molar-refractivity contribution in [3.8, 4) is 5.75 Å². The Balaban J connectivity index is 0.00000312. The zero-order chi connectivity index (χ0) is 17.7. The third-order valence-corrected chi connectivity index (χ3v) is 4.19. The van der Waals surface area contributed by atoms with Crippen molar-refractivity contribution in [3.63, 3.8) is 0 Å².